The van der Waals surface area contributed by atoms with E-state index in [-0.39, 0.29) is 16.2 Å². The molecule has 1 unspecified atom stereocenters. The van der Waals surface area contributed by atoms with Crippen LogP contribution in [0.1, 0.15) is 17.5 Å². The predicted molar refractivity (Wildman–Crippen MR) is 89.1 cm³/mol. The number of morpholine rings is 1. The highest BCUT2D eigenvalue weighted by Gasteiger charge is 2.43. The van der Waals surface area contributed by atoms with Gasteiger partial charge in [-0.2, -0.15) is 5.10 Å². The molecule has 2 aromatic rings. The van der Waals surface area contributed by atoms with Crippen molar-refractivity contribution in [3.8, 4) is 0 Å². The molecule has 0 saturated carbocycles. The number of hydrogen-bond acceptors (Lipinski definition) is 4. The Morgan fingerprint density at radius 2 is 2.17 bits per heavy atom. The van der Waals surface area contributed by atoms with Crippen LogP contribution < -0.4 is 10.5 Å². The van der Waals surface area contributed by atoms with Crippen LogP contribution in [-0.2, 0) is 23.8 Å². The highest BCUT2D eigenvalue weighted by atomic mass is 35.5. The number of aromatic nitrogens is 2. The third-order valence-electron chi connectivity index (χ3n) is 4.89. The van der Waals surface area contributed by atoms with Gasteiger partial charge in [-0.05, 0) is 24.0 Å². The monoisotopic (exact) mass is 331 g/mol. The minimum atomic E-state index is -0.306. The molecule has 5 nitrogen and oxygen atoms in total. The van der Waals surface area contributed by atoms with Crippen LogP contribution in [-0.4, -0.2) is 29.5 Å². The molecule has 2 aliphatic rings. The Kier molecular flexibility index (Phi) is 3.43. The molecule has 1 spiro atoms. The Balaban J connectivity index is 1.72. The zero-order chi connectivity index (χ0) is 16.0. The smallest absolute Gasteiger partial charge is 0.287 e. The van der Waals surface area contributed by atoms with Gasteiger partial charge in [-0.3, -0.25) is 4.79 Å². The number of ether oxygens (including phenoxy) is 1. The molecule has 2 heterocycles. The van der Waals surface area contributed by atoms with Crippen LogP contribution in [0, 0.1) is 0 Å². The fourth-order valence-corrected chi connectivity index (χ4v) is 3.97. The normalized spacial score (nSPS) is 23.3. The molecular weight excluding hydrogens is 314 g/mol. The van der Waals surface area contributed by atoms with Crippen LogP contribution in [0.3, 0.4) is 0 Å². The maximum absolute atomic E-state index is 12.1. The number of anilines is 1. The van der Waals surface area contributed by atoms with Crippen molar-refractivity contribution < 1.29 is 4.74 Å². The molecule has 1 atom stereocenters. The number of benzene rings is 1. The summed E-state index contributed by atoms with van der Waals surface area (Å²) in [6.07, 6.45) is 3.65. The van der Waals surface area contributed by atoms with Crippen molar-refractivity contribution >= 4 is 17.3 Å². The molecule has 6 heteroatoms. The average molecular weight is 332 g/mol. The van der Waals surface area contributed by atoms with E-state index < -0.39 is 0 Å². The molecule has 4 rings (SSSR count). The second kappa shape index (κ2) is 5.35. The quantitative estimate of drug-likeness (QED) is 0.803. The molecule has 120 valence electrons. The molecule has 1 aliphatic heterocycles. The van der Waals surface area contributed by atoms with Crippen LogP contribution in [0.4, 0.5) is 5.69 Å². The van der Waals surface area contributed by atoms with Gasteiger partial charge in [-0.25, -0.2) is 4.68 Å². The van der Waals surface area contributed by atoms with Crippen LogP contribution in [0.15, 0.2) is 35.3 Å². The van der Waals surface area contributed by atoms with E-state index in [0.29, 0.717) is 25.4 Å². The second-order valence-electron chi connectivity index (χ2n) is 6.19. The lowest BCUT2D eigenvalue weighted by Crippen LogP contribution is -2.49. The fraction of sp³-hybridized carbons (Fsp3) is 0.412. The number of nitrogens with zero attached hydrogens (tertiary/aromatic N) is 3. The Morgan fingerprint density at radius 1 is 1.35 bits per heavy atom. The van der Waals surface area contributed by atoms with Crippen molar-refractivity contribution in [3.05, 3.63) is 57.0 Å². The van der Waals surface area contributed by atoms with Gasteiger partial charge in [-0.1, -0.05) is 35.9 Å². The first-order chi connectivity index (χ1) is 11.1. The minimum absolute atomic E-state index is 0.228. The highest BCUT2D eigenvalue weighted by molar-refractivity contribution is 6.33. The topological polar surface area (TPSA) is 47.4 Å². The van der Waals surface area contributed by atoms with E-state index in [0.717, 1.165) is 12.8 Å². The summed E-state index contributed by atoms with van der Waals surface area (Å²) in [5.74, 6) is 0. The summed E-state index contributed by atoms with van der Waals surface area (Å²) in [7, 11) is 1.60. The molecule has 0 amide bonds. The lowest BCUT2D eigenvalue weighted by molar-refractivity contribution is -0.0592. The van der Waals surface area contributed by atoms with Gasteiger partial charge in [0.05, 0.1) is 25.0 Å². The summed E-state index contributed by atoms with van der Waals surface area (Å²) in [6.45, 7) is 2.01. The van der Waals surface area contributed by atoms with Crippen molar-refractivity contribution in [2.24, 2.45) is 7.05 Å². The van der Waals surface area contributed by atoms with Gasteiger partial charge < -0.3 is 9.64 Å². The summed E-state index contributed by atoms with van der Waals surface area (Å²) in [4.78, 5) is 14.2. The van der Waals surface area contributed by atoms with Gasteiger partial charge in [0.15, 0.2) is 0 Å². The zero-order valence-electron chi connectivity index (χ0n) is 13.0. The van der Waals surface area contributed by atoms with E-state index in [1.807, 2.05) is 0 Å². The first-order valence-corrected chi connectivity index (χ1v) is 8.18. The zero-order valence-corrected chi connectivity index (χ0v) is 13.7. The maximum Gasteiger partial charge on any atom is 0.287 e. The fourth-order valence-electron chi connectivity index (χ4n) is 3.68. The van der Waals surface area contributed by atoms with Crippen molar-refractivity contribution in [1.82, 2.24) is 9.78 Å². The molecule has 1 aromatic heterocycles. The molecule has 0 bridgehead atoms. The Hall–Kier alpha value is -1.85. The van der Waals surface area contributed by atoms with Crippen LogP contribution in [0.25, 0.3) is 0 Å². The highest BCUT2D eigenvalue weighted by Crippen LogP contribution is 2.43. The van der Waals surface area contributed by atoms with Crippen LogP contribution >= 0.6 is 11.6 Å². The van der Waals surface area contributed by atoms with Crippen molar-refractivity contribution in [1.29, 1.82) is 0 Å². The summed E-state index contributed by atoms with van der Waals surface area (Å²) < 4.78 is 7.47. The van der Waals surface area contributed by atoms with E-state index in [2.05, 4.69) is 34.3 Å². The Labute approximate surface area is 139 Å². The van der Waals surface area contributed by atoms with Gasteiger partial charge in [0.25, 0.3) is 5.56 Å². The Morgan fingerprint density at radius 3 is 3.04 bits per heavy atom. The van der Waals surface area contributed by atoms with Crippen molar-refractivity contribution in [3.63, 3.8) is 0 Å². The third kappa shape index (κ3) is 2.26. The number of halogens is 1. The van der Waals surface area contributed by atoms with E-state index >= 15 is 0 Å². The largest absolute Gasteiger partial charge is 0.367 e. The van der Waals surface area contributed by atoms with Gasteiger partial charge in [0, 0.05) is 13.6 Å². The SMILES string of the molecule is Cn1ncc(N2CCOC3(CCc4ccccc43)C2)c(Cl)c1=O. The van der Waals surface area contributed by atoms with Crippen molar-refractivity contribution in [2.75, 3.05) is 24.6 Å². The van der Waals surface area contributed by atoms with E-state index in [4.69, 9.17) is 16.3 Å². The summed E-state index contributed by atoms with van der Waals surface area (Å²) >= 11 is 6.27. The predicted octanol–water partition coefficient (Wildman–Crippen LogP) is 2.11. The van der Waals surface area contributed by atoms with E-state index in [1.165, 1.54) is 15.8 Å². The second-order valence-corrected chi connectivity index (χ2v) is 6.57. The van der Waals surface area contributed by atoms with E-state index in [9.17, 15) is 4.79 Å². The molecule has 1 aliphatic carbocycles. The standard InChI is InChI=1S/C17H18ClN3O2/c1-20-16(22)15(18)14(10-19-20)21-8-9-23-17(11-21)7-6-12-4-2-3-5-13(12)17/h2-5,10H,6-9,11H2,1H3. The Bertz CT molecular complexity index is 816. The molecule has 1 saturated heterocycles. The van der Waals surface area contributed by atoms with Crippen molar-refractivity contribution in [2.45, 2.75) is 18.4 Å². The molecule has 0 radical (unpaired) electrons. The first kappa shape index (κ1) is 14.7. The van der Waals surface area contributed by atoms with Gasteiger partial charge >= 0.3 is 0 Å². The third-order valence-corrected chi connectivity index (χ3v) is 5.25. The number of aryl methyl sites for hydroxylation is 2. The van der Waals surface area contributed by atoms with Gasteiger partial charge in [-0.15, -0.1) is 0 Å². The average Bonchev–Trinajstić information content (AvgIpc) is 2.92. The lowest BCUT2D eigenvalue weighted by Gasteiger charge is -2.42. The number of hydrogen-bond donors (Lipinski definition) is 0. The summed E-state index contributed by atoms with van der Waals surface area (Å²) in [5, 5.41) is 4.34. The molecule has 1 fully saturated rings. The molecule has 1 aromatic carbocycles. The number of rotatable bonds is 1. The van der Waals surface area contributed by atoms with Crippen LogP contribution in [0.5, 0.6) is 0 Å². The summed E-state index contributed by atoms with van der Waals surface area (Å²) in [6, 6.07) is 8.44. The van der Waals surface area contributed by atoms with E-state index in [1.54, 1.807) is 13.2 Å². The van der Waals surface area contributed by atoms with Crippen LogP contribution in [0.2, 0.25) is 5.02 Å². The number of fused-ring (bicyclic) bond motifs is 2. The lowest BCUT2D eigenvalue weighted by atomic mass is 9.93. The summed E-state index contributed by atoms with van der Waals surface area (Å²) in [5.41, 5.74) is 2.73. The molecule has 23 heavy (non-hydrogen) atoms. The van der Waals surface area contributed by atoms with Gasteiger partial charge in [0.1, 0.15) is 10.6 Å². The molecular formula is C17H18ClN3O2. The minimum Gasteiger partial charge on any atom is -0.367 e. The maximum atomic E-state index is 12.1. The van der Waals surface area contributed by atoms with Gasteiger partial charge in [0.2, 0.25) is 0 Å². The first-order valence-electron chi connectivity index (χ1n) is 7.80. The molecule has 0 N–H and O–H groups in total.